The van der Waals surface area contributed by atoms with Crippen LogP contribution in [0.15, 0.2) is 24.3 Å². The molecular formula is C18H26N4O3. The highest BCUT2D eigenvalue weighted by molar-refractivity contribution is 5.89. The third-order valence-electron chi connectivity index (χ3n) is 3.87. The summed E-state index contributed by atoms with van der Waals surface area (Å²) < 4.78 is 0. The van der Waals surface area contributed by atoms with Gasteiger partial charge in [0.2, 0.25) is 11.8 Å². The molecule has 7 nitrogen and oxygen atoms in total. The smallest absolute Gasteiger partial charge is 0.319 e. The van der Waals surface area contributed by atoms with Crippen molar-refractivity contribution in [1.29, 1.82) is 0 Å². The zero-order valence-electron chi connectivity index (χ0n) is 14.8. The van der Waals surface area contributed by atoms with Crippen molar-refractivity contribution in [3.8, 4) is 0 Å². The van der Waals surface area contributed by atoms with Crippen LogP contribution in [0, 0.1) is 0 Å². The Morgan fingerprint density at radius 2 is 1.80 bits per heavy atom. The van der Waals surface area contributed by atoms with Gasteiger partial charge in [0.1, 0.15) is 0 Å². The second kappa shape index (κ2) is 9.05. The molecule has 0 aromatic heterocycles. The van der Waals surface area contributed by atoms with Gasteiger partial charge in [0.25, 0.3) is 0 Å². The molecule has 0 saturated heterocycles. The fraction of sp³-hybridized carbons (Fsp3) is 0.500. The van der Waals surface area contributed by atoms with E-state index >= 15 is 0 Å². The predicted octanol–water partition coefficient (Wildman–Crippen LogP) is 1.50. The summed E-state index contributed by atoms with van der Waals surface area (Å²) in [4.78, 5) is 36.5. The summed E-state index contributed by atoms with van der Waals surface area (Å²) in [5.41, 5.74) is 1.55. The van der Waals surface area contributed by atoms with E-state index in [1.807, 2.05) is 12.1 Å². The highest BCUT2D eigenvalue weighted by Crippen LogP contribution is 2.18. The average molecular weight is 346 g/mol. The summed E-state index contributed by atoms with van der Waals surface area (Å²) in [6.07, 6.45) is 3.52. The second-order valence-corrected chi connectivity index (χ2v) is 6.49. The lowest BCUT2D eigenvalue weighted by Crippen LogP contribution is -2.31. The van der Waals surface area contributed by atoms with Gasteiger partial charge in [0, 0.05) is 38.8 Å². The normalized spacial score (nSPS) is 13.0. The maximum atomic E-state index is 11.8. The molecule has 0 unspecified atom stereocenters. The lowest BCUT2D eigenvalue weighted by Gasteiger charge is -2.11. The molecule has 0 heterocycles. The largest absolute Gasteiger partial charge is 0.353 e. The van der Waals surface area contributed by atoms with Crippen molar-refractivity contribution < 1.29 is 14.4 Å². The molecule has 0 aliphatic heterocycles. The van der Waals surface area contributed by atoms with Gasteiger partial charge < -0.3 is 20.9 Å². The number of anilines is 1. The van der Waals surface area contributed by atoms with E-state index in [9.17, 15) is 14.4 Å². The number of urea groups is 1. The molecule has 1 aromatic rings. The summed E-state index contributed by atoms with van der Waals surface area (Å²) in [7, 11) is 3.44. The van der Waals surface area contributed by atoms with Gasteiger partial charge in [-0.25, -0.2) is 4.79 Å². The molecule has 0 bridgehead atoms. The van der Waals surface area contributed by atoms with Crippen molar-refractivity contribution in [3.05, 3.63) is 29.8 Å². The number of likely N-dealkylation sites (N-methyl/N-ethyl adjacent to an activating group) is 1. The number of carbonyl (C=O) groups excluding carboxylic acids is 3. The first-order valence-corrected chi connectivity index (χ1v) is 8.57. The van der Waals surface area contributed by atoms with Crippen molar-refractivity contribution in [1.82, 2.24) is 15.5 Å². The quantitative estimate of drug-likeness (QED) is 0.623. The van der Waals surface area contributed by atoms with Crippen molar-refractivity contribution in [3.63, 3.8) is 0 Å². The number of hydrogen-bond acceptors (Lipinski definition) is 3. The van der Waals surface area contributed by atoms with Gasteiger partial charge in [-0.1, -0.05) is 12.1 Å². The molecule has 7 heteroatoms. The van der Waals surface area contributed by atoms with Crippen molar-refractivity contribution >= 4 is 23.5 Å². The van der Waals surface area contributed by atoms with Crippen molar-refractivity contribution in [2.24, 2.45) is 0 Å². The summed E-state index contributed by atoms with van der Waals surface area (Å²) in [6, 6.07) is 7.24. The highest BCUT2D eigenvalue weighted by atomic mass is 16.2. The van der Waals surface area contributed by atoms with Gasteiger partial charge in [-0.2, -0.15) is 0 Å². The Kier molecular flexibility index (Phi) is 6.80. The number of carbonyl (C=O) groups is 3. The van der Waals surface area contributed by atoms with Crippen LogP contribution in [0.2, 0.25) is 0 Å². The maximum Gasteiger partial charge on any atom is 0.319 e. The topological polar surface area (TPSA) is 90.5 Å². The lowest BCUT2D eigenvalue weighted by molar-refractivity contribution is -0.128. The second-order valence-electron chi connectivity index (χ2n) is 6.49. The fourth-order valence-corrected chi connectivity index (χ4v) is 2.19. The first-order chi connectivity index (χ1) is 11.9. The summed E-state index contributed by atoms with van der Waals surface area (Å²) >= 11 is 0. The Balaban J connectivity index is 1.64. The molecule has 1 aliphatic rings. The maximum absolute atomic E-state index is 11.8. The van der Waals surface area contributed by atoms with Crippen LogP contribution in [0.25, 0.3) is 0 Å². The van der Waals surface area contributed by atoms with E-state index in [4.69, 9.17) is 0 Å². The molecule has 4 amide bonds. The molecule has 0 atom stereocenters. The van der Waals surface area contributed by atoms with Crippen molar-refractivity contribution in [2.45, 2.75) is 38.1 Å². The Morgan fingerprint density at radius 3 is 2.40 bits per heavy atom. The van der Waals surface area contributed by atoms with Crippen molar-refractivity contribution in [2.75, 3.05) is 26.0 Å². The number of hydrogen-bond donors (Lipinski definition) is 3. The van der Waals surface area contributed by atoms with E-state index in [0.29, 0.717) is 37.5 Å². The molecule has 3 N–H and O–H groups in total. The van der Waals surface area contributed by atoms with Crippen LogP contribution in [0.1, 0.15) is 31.2 Å². The number of rotatable bonds is 8. The molecular weight excluding hydrogens is 320 g/mol. The van der Waals surface area contributed by atoms with Crippen LogP contribution in [0.3, 0.4) is 0 Å². The van der Waals surface area contributed by atoms with Gasteiger partial charge in [0.15, 0.2) is 0 Å². The zero-order chi connectivity index (χ0) is 18.2. The van der Waals surface area contributed by atoms with E-state index in [1.54, 1.807) is 31.1 Å². The van der Waals surface area contributed by atoms with E-state index < -0.39 is 0 Å². The molecule has 2 rings (SSSR count). The molecule has 0 radical (unpaired) electrons. The van der Waals surface area contributed by atoms with E-state index in [2.05, 4.69) is 16.0 Å². The molecule has 25 heavy (non-hydrogen) atoms. The van der Waals surface area contributed by atoms with Gasteiger partial charge in [-0.05, 0) is 37.0 Å². The monoisotopic (exact) mass is 346 g/mol. The van der Waals surface area contributed by atoms with Gasteiger partial charge >= 0.3 is 6.03 Å². The minimum Gasteiger partial charge on any atom is -0.353 e. The summed E-state index contributed by atoms with van der Waals surface area (Å²) in [6.45, 7) is 0.444. The van der Waals surface area contributed by atoms with Crippen LogP contribution in [0.5, 0.6) is 0 Å². The summed E-state index contributed by atoms with van der Waals surface area (Å²) in [5, 5.41) is 8.37. The first-order valence-electron chi connectivity index (χ1n) is 8.57. The molecule has 1 aromatic carbocycles. The molecule has 136 valence electrons. The Morgan fingerprint density at radius 1 is 1.12 bits per heavy atom. The van der Waals surface area contributed by atoms with Crippen LogP contribution >= 0.6 is 0 Å². The van der Waals surface area contributed by atoms with E-state index in [-0.39, 0.29) is 17.8 Å². The van der Waals surface area contributed by atoms with Crippen LogP contribution in [-0.2, 0) is 16.0 Å². The number of nitrogens with one attached hydrogen (secondary N) is 3. The van der Waals surface area contributed by atoms with Crippen LogP contribution in [-0.4, -0.2) is 49.4 Å². The number of amides is 4. The van der Waals surface area contributed by atoms with Gasteiger partial charge in [-0.3, -0.25) is 9.59 Å². The predicted molar refractivity (Wildman–Crippen MR) is 96.3 cm³/mol. The van der Waals surface area contributed by atoms with Crippen LogP contribution in [0.4, 0.5) is 10.5 Å². The lowest BCUT2D eigenvalue weighted by atomic mass is 10.1. The SMILES string of the molecule is CN(C)C(=O)Cc1ccc(NC(=O)NCCCC(=O)NC2CC2)cc1. The minimum atomic E-state index is -0.306. The highest BCUT2D eigenvalue weighted by Gasteiger charge is 2.22. The Hall–Kier alpha value is -2.57. The molecule has 1 fully saturated rings. The van der Waals surface area contributed by atoms with E-state index in [1.165, 1.54) is 0 Å². The van der Waals surface area contributed by atoms with Gasteiger partial charge in [-0.15, -0.1) is 0 Å². The Labute approximate surface area is 148 Å². The van der Waals surface area contributed by atoms with E-state index in [0.717, 1.165) is 18.4 Å². The standard InChI is InChI=1S/C18H26N4O3/c1-22(2)17(24)12-13-5-7-15(8-6-13)21-18(25)19-11-3-4-16(23)20-14-9-10-14/h5-8,14H,3-4,9-12H2,1-2H3,(H,20,23)(H2,19,21,25). The minimum absolute atomic E-state index is 0.0316. The molecule has 1 saturated carbocycles. The fourth-order valence-electron chi connectivity index (χ4n) is 2.19. The number of nitrogens with zero attached hydrogens (tertiary/aromatic N) is 1. The third-order valence-corrected chi connectivity index (χ3v) is 3.87. The molecule has 0 spiro atoms. The first kappa shape index (κ1) is 18.8. The van der Waals surface area contributed by atoms with Crippen LogP contribution < -0.4 is 16.0 Å². The van der Waals surface area contributed by atoms with Gasteiger partial charge in [0.05, 0.1) is 6.42 Å². The summed E-state index contributed by atoms with van der Waals surface area (Å²) in [5.74, 6) is 0.0803. The number of benzene rings is 1. The zero-order valence-corrected chi connectivity index (χ0v) is 14.8. The third kappa shape index (κ3) is 7.24. The average Bonchev–Trinajstić information content (AvgIpc) is 3.37. The Bertz CT molecular complexity index is 609. The molecule has 1 aliphatic carbocycles.